The number of ketones is 1. The van der Waals surface area contributed by atoms with Gasteiger partial charge < -0.3 is 9.30 Å². The zero-order valence-electron chi connectivity index (χ0n) is 11.8. The molecule has 1 rings (SSSR count). The molecular weight excluding hydrogens is 246 g/mol. The lowest BCUT2D eigenvalue weighted by molar-refractivity contribution is -0.144. The summed E-state index contributed by atoms with van der Waals surface area (Å²) in [7, 11) is 3.77. The molecular formula is C13H21N3O3. The Morgan fingerprint density at radius 3 is 2.74 bits per heavy atom. The van der Waals surface area contributed by atoms with Crippen molar-refractivity contribution in [1.82, 2.24) is 14.5 Å². The van der Waals surface area contributed by atoms with Crippen LogP contribution in [0.2, 0.25) is 0 Å². The van der Waals surface area contributed by atoms with Crippen molar-refractivity contribution < 1.29 is 14.3 Å². The van der Waals surface area contributed by atoms with Crippen molar-refractivity contribution in [2.24, 2.45) is 7.05 Å². The summed E-state index contributed by atoms with van der Waals surface area (Å²) in [6.07, 6.45) is 3.98. The first kappa shape index (κ1) is 15.4. The maximum atomic E-state index is 11.7. The highest BCUT2D eigenvalue weighted by molar-refractivity contribution is 5.84. The van der Waals surface area contributed by atoms with Crippen LogP contribution in [0.5, 0.6) is 0 Å². The maximum Gasteiger partial charge on any atom is 0.306 e. The predicted octanol–water partition coefficient (Wildman–Crippen LogP) is 0.764. The Bertz CT molecular complexity index is 429. The van der Waals surface area contributed by atoms with Gasteiger partial charge in [-0.15, -0.1) is 0 Å². The smallest absolute Gasteiger partial charge is 0.306 e. The third-order valence-electron chi connectivity index (χ3n) is 2.69. The zero-order chi connectivity index (χ0) is 14.3. The normalized spacial score (nSPS) is 10.7. The highest BCUT2D eigenvalue weighted by Gasteiger charge is 2.11. The molecule has 1 aromatic rings. The standard InChI is InChI=1S/C13H21N3O3/c1-4-19-13(18)6-5-11(17)9-15(2)10-12-14-7-8-16(12)3/h7-8H,4-6,9-10H2,1-3H3. The van der Waals surface area contributed by atoms with Gasteiger partial charge in [0.15, 0.2) is 0 Å². The van der Waals surface area contributed by atoms with E-state index in [1.54, 1.807) is 13.1 Å². The van der Waals surface area contributed by atoms with Crippen LogP contribution in [0.25, 0.3) is 0 Å². The number of hydrogen-bond acceptors (Lipinski definition) is 5. The van der Waals surface area contributed by atoms with Crippen molar-refractivity contribution in [1.29, 1.82) is 0 Å². The van der Waals surface area contributed by atoms with Crippen LogP contribution < -0.4 is 0 Å². The third-order valence-corrected chi connectivity index (χ3v) is 2.69. The van der Waals surface area contributed by atoms with Gasteiger partial charge in [0.05, 0.1) is 26.1 Å². The van der Waals surface area contributed by atoms with E-state index in [0.29, 0.717) is 19.7 Å². The van der Waals surface area contributed by atoms with E-state index in [4.69, 9.17) is 4.74 Å². The molecule has 0 fully saturated rings. The van der Waals surface area contributed by atoms with Gasteiger partial charge in [0.25, 0.3) is 0 Å². The van der Waals surface area contributed by atoms with E-state index in [1.165, 1.54) is 0 Å². The molecule has 1 aromatic heterocycles. The quantitative estimate of drug-likeness (QED) is 0.651. The number of carbonyl (C=O) groups excluding carboxylic acids is 2. The molecule has 106 valence electrons. The molecule has 1 heterocycles. The molecule has 0 unspecified atom stereocenters. The number of Topliss-reactive ketones (excluding diaryl/α,β-unsaturated/α-hetero) is 1. The van der Waals surface area contributed by atoms with Gasteiger partial charge in [-0.05, 0) is 14.0 Å². The van der Waals surface area contributed by atoms with Crippen molar-refractivity contribution in [3.8, 4) is 0 Å². The molecule has 0 aliphatic rings. The number of rotatable bonds is 8. The molecule has 6 nitrogen and oxygen atoms in total. The van der Waals surface area contributed by atoms with Gasteiger partial charge in [0, 0.05) is 25.9 Å². The molecule has 0 aromatic carbocycles. The Kier molecular flexibility index (Phi) is 6.21. The number of likely N-dealkylation sites (N-methyl/N-ethyl adjacent to an activating group) is 1. The summed E-state index contributed by atoms with van der Waals surface area (Å²) in [6.45, 7) is 3.02. The van der Waals surface area contributed by atoms with E-state index in [9.17, 15) is 9.59 Å². The molecule has 6 heteroatoms. The fourth-order valence-electron chi connectivity index (χ4n) is 1.70. The summed E-state index contributed by atoms with van der Waals surface area (Å²) in [4.78, 5) is 28.9. The summed E-state index contributed by atoms with van der Waals surface area (Å²) in [5, 5.41) is 0. The molecule has 0 aliphatic heterocycles. The number of ether oxygens (including phenoxy) is 1. The Hall–Kier alpha value is -1.69. The van der Waals surface area contributed by atoms with Crippen LogP contribution in [-0.2, 0) is 27.9 Å². The molecule has 0 atom stereocenters. The number of aryl methyl sites for hydroxylation is 1. The molecule has 0 radical (unpaired) electrons. The largest absolute Gasteiger partial charge is 0.466 e. The minimum Gasteiger partial charge on any atom is -0.466 e. The van der Waals surface area contributed by atoms with Gasteiger partial charge in [0.2, 0.25) is 0 Å². The van der Waals surface area contributed by atoms with Gasteiger partial charge in [-0.25, -0.2) is 4.98 Å². The SMILES string of the molecule is CCOC(=O)CCC(=O)CN(C)Cc1nccn1C. The number of esters is 1. The first-order valence-corrected chi connectivity index (χ1v) is 6.35. The average Bonchev–Trinajstić information content (AvgIpc) is 2.73. The second kappa shape index (κ2) is 7.68. The number of aromatic nitrogens is 2. The minimum absolute atomic E-state index is 0.0322. The average molecular weight is 267 g/mol. The maximum absolute atomic E-state index is 11.7. The molecule has 0 spiro atoms. The fraction of sp³-hybridized carbons (Fsp3) is 0.615. The molecule has 19 heavy (non-hydrogen) atoms. The van der Waals surface area contributed by atoms with Crippen LogP contribution >= 0.6 is 0 Å². The van der Waals surface area contributed by atoms with Gasteiger partial charge >= 0.3 is 5.97 Å². The molecule has 0 aliphatic carbocycles. The lowest BCUT2D eigenvalue weighted by Crippen LogP contribution is -2.27. The first-order valence-electron chi connectivity index (χ1n) is 6.35. The first-order chi connectivity index (χ1) is 9.02. The minimum atomic E-state index is -0.317. The van der Waals surface area contributed by atoms with Crippen LogP contribution in [0.3, 0.4) is 0 Å². The van der Waals surface area contributed by atoms with E-state index in [0.717, 1.165) is 5.82 Å². The second-order valence-electron chi connectivity index (χ2n) is 4.47. The highest BCUT2D eigenvalue weighted by Crippen LogP contribution is 2.01. The summed E-state index contributed by atoms with van der Waals surface area (Å²) in [5.41, 5.74) is 0. The molecule has 0 saturated carbocycles. The fourth-order valence-corrected chi connectivity index (χ4v) is 1.70. The van der Waals surface area contributed by atoms with E-state index in [-0.39, 0.29) is 24.6 Å². The van der Waals surface area contributed by atoms with Crippen LogP contribution in [-0.4, -0.2) is 46.4 Å². The van der Waals surface area contributed by atoms with Crippen LogP contribution in [0.1, 0.15) is 25.6 Å². The summed E-state index contributed by atoms with van der Waals surface area (Å²) in [6, 6.07) is 0. The highest BCUT2D eigenvalue weighted by atomic mass is 16.5. The monoisotopic (exact) mass is 267 g/mol. The van der Waals surface area contributed by atoms with Crippen molar-refractivity contribution >= 4 is 11.8 Å². The van der Waals surface area contributed by atoms with Crippen molar-refractivity contribution in [2.45, 2.75) is 26.3 Å². The summed E-state index contributed by atoms with van der Waals surface area (Å²) in [5.74, 6) is 0.619. The Morgan fingerprint density at radius 2 is 2.16 bits per heavy atom. The number of nitrogens with zero attached hydrogens (tertiary/aromatic N) is 3. The lowest BCUT2D eigenvalue weighted by Gasteiger charge is -2.15. The van der Waals surface area contributed by atoms with Gasteiger partial charge in [-0.2, -0.15) is 0 Å². The van der Waals surface area contributed by atoms with E-state index in [1.807, 2.05) is 29.8 Å². The van der Waals surface area contributed by atoms with Crippen LogP contribution in [0.15, 0.2) is 12.4 Å². The molecule has 0 saturated heterocycles. The van der Waals surface area contributed by atoms with Crippen molar-refractivity contribution in [2.75, 3.05) is 20.2 Å². The van der Waals surface area contributed by atoms with Gasteiger partial charge in [-0.3, -0.25) is 14.5 Å². The molecule has 0 amide bonds. The summed E-state index contributed by atoms with van der Waals surface area (Å²) < 4.78 is 6.70. The topological polar surface area (TPSA) is 64.4 Å². The zero-order valence-corrected chi connectivity index (χ0v) is 11.8. The van der Waals surface area contributed by atoms with E-state index < -0.39 is 0 Å². The van der Waals surface area contributed by atoms with Crippen molar-refractivity contribution in [3.05, 3.63) is 18.2 Å². The lowest BCUT2D eigenvalue weighted by atomic mass is 10.2. The predicted molar refractivity (Wildman–Crippen MR) is 70.4 cm³/mol. The Labute approximate surface area is 113 Å². The molecule has 0 bridgehead atoms. The number of imidazole rings is 1. The second-order valence-corrected chi connectivity index (χ2v) is 4.47. The van der Waals surface area contributed by atoms with E-state index >= 15 is 0 Å². The number of carbonyl (C=O) groups is 2. The number of hydrogen-bond donors (Lipinski definition) is 0. The van der Waals surface area contributed by atoms with Gasteiger partial charge in [0.1, 0.15) is 11.6 Å². The Morgan fingerprint density at radius 1 is 1.42 bits per heavy atom. The van der Waals surface area contributed by atoms with Gasteiger partial charge in [-0.1, -0.05) is 0 Å². The Balaban J connectivity index is 2.28. The third kappa shape index (κ3) is 5.65. The van der Waals surface area contributed by atoms with Crippen LogP contribution in [0, 0.1) is 0 Å². The summed E-state index contributed by atoms with van der Waals surface area (Å²) >= 11 is 0. The van der Waals surface area contributed by atoms with Crippen LogP contribution in [0.4, 0.5) is 0 Å². The van der Waals surface area contributed by atoms with E-state index in [2.05, 4.69) is 4.98 Å². The molecule has 0 N–H and O–H groups in total. The van der Waals surface area contributed by atoms with Crippen molar-refractivity contribution in [3.63, 3.8) is 0 Å².